The van der Waals surface area contributed by atoms with E-state index in [1.807, 2.05) is 35.7 Å². The van der Waals surface area contributed by atoms with E-state index in [2.05, 4.69) is 0 Å². The van der Waals surface area contributed by atoms with E-state index >= 15 is 0 Å². The topological polar surface area (TPSA) is 167 Å². The predicted octanol–water partition coefficient (Wildman–Crippen LogP) is 6.34. The Hall–Kier alpha value is -4.62. The van der Waals surface area contributed by atoms with Gasteiger partial charge in [0.25, 0.3) is 21.3 Å². The van der Waals surface area contributed by atoms with E-state index in [0.717, 1.165) is 22.6 Å². The lowest BCUT2D eigenvalue weighted by molar-refractivity contribution is -0.393. The van der Waals surface area contributed by atoms with Crippen molar-refractivity contribution in [2.75, 3.05) is 0 Å². The van der Waals surface area contributed by atoms with Crippen LogP contribution in [0.1, 0.15) is 31.6 Å². The highest BCUT2D eigenvalue weighted by Crippen LogP contribution is 2.57. The third-order valence-electron chi connectivity index (χ3n) is 5.79. The van der Waals surface area contributed by atoms with E-state index in [1.54, 1.807) is 0 Å². The molecule has 1 unspecified atom stereocenters. The first kappa shape index (κ1) is 23.1. The van der Waals surface area contributed by atoms with E-state index in [-0.39, 0.29) is 22.3 Å². The third kappa shape index (κ3) is 3.66. The van der Waals surface area contributed by atoms with Gasteiger partial charge in [-0.3, -0.25) is 30.3 Å². The number of rotatable bonds is 6. The number of aromatic carboxylic acids is 1. The Kier molecular flexibility index (Phi) is 5.50. The number of hydrogen-bond donors (Lipinski definition) is 1. The lowest BCUT2D eigenvalue weighted by Gasteiger charge is -2.07. The Labute approximate surface area is 209 Å². The van der Waals surface area contributed by atoms with Gasteiger partial charge in [0.05, 0.1) is 60.6 Å². The summed E-state index contributed by atoms with van der Waals surface area (Å²) < 4.78 is 0.639. The van der Waals surface area contributed by atoms with Crippen molar-refractivity contribution in [3.63, 3.8) is 0 Å². The maximum absolute atomic E-state index is 12.1. The predicted molar refractivity (Wildman–Crippen MR) is 132 cm³/mol. The number of benzene rings is 3. The number of nitrogens with zero attached hydrogens (tertiary/aromatic N) is 3. The molecule has 0 spiro atoms. The molecule has 4 aromatic rings. The van der Waals surface area contributed by atoms with Gasteiger partial charge < -0.3 is 5.11 Å². The highest BCUT2D eigenvalue weighted by Gasteiger charge is 2.45. The van der Waals surface area contributed by atoms with Crippen LogP contribution in [0, 0.1) is 30.3 Å². The minimum atomic E-state index is -1.51. The number of nitro benzene ring substituents is 3. The molecule has 0 aliphatic heterocycles. The van der Waals surface area contributed by atoms with Crippen LogP contribution in [0.3, 0.4) is 0 Å². The zero-order valence-corrected chi connectivity index (χ0v) is 19.4. The molecule has 0 fully saturated rings. The third-order valence-corrected chi connectivity index (χ3v) is 8.31. The fraction of sp³-hybridized carbons (Fsp3) is 0.0435. The Balaban J connectivity index is 1.86. The minimum absolute atomic E-state index is 0.0449. The number of carboxylic acid groups (broad SMARTS) is 1. The van der Waals surface area contributed by atoms with E-state index in [9.17, 15) is 40.2 Å². The maximum atomic E-state index is 12.1. The second-order valence-electron chi connectivity index (χ2n) is 7.78. The van der Waals surface area contributed by atoms with E-state index in [0.29, 0.717) is 4.19 Å². The molecule has 1 heterocycles. The van der Waals surface area contributed by atoms with Crippen molar-refractivity contribution in [2.24, 2.45) is 0 Å². The number of carbonyl (C=O) groups is 1. The molecular weight excluding hydrogens is 510 g/mol. The minimum Gasteiger partial charge on any atom is -0.478 e. The molecule has 11 nitrogen and oxygen atoms in total. The number of fused-ring (bicyclic) bond motifs is 3. The molecule has 0 bridgehead atoms. The average Bonchev–Trinajstić information content (AvgIpc) is 3.45. The summed E-state index contributed by atoms with van der Waals surface area (Å²) in [6.07, 6.45) is 0. The van der Waals surface area contributed by atoms with Crippen molar-refractivity contribution in [1.82, 2.24) is 0 Å². The number of carboxylic acids is 1. The van der Waals surface area contributed by atoms with Crippen LogP contribution in [0.25, 0.3) is 21.6 Å². The summed E-state index contributed by atoms with van der Waals surface area (Å²) in [5, 5.41) is 46.9. The van der Waals surface area contributed by atoms with E-state index in [4.69, 9.17) is 0 Å². The van der Waals surface area contributed by atoms with E-state index in [1.165, 1.54) is 34.8 Å². The molecule has 1 N–H and O–H groups in total. The summed E-state index contributed by atoms with van der Waals surface area (Å²) in [6.45, 7) is 0. The summed E-state index contributed by atoms with van der Waals surface area (Å²) in [7, 11) is 0. The van der Waals surface area contributed by atoms with Crippen LogP contribution >= 0.6 is 22.7 Å². The van der Waals surface area contributed by atoms with Gasteiger partial charge in [0.2, 0.25) is 0 Å². The molecule has 1 aliphatic rings. The summed E-state index contributed by atoms with van der Waals surface area (Å²) in [4.78, 5) is 45.9. The lowest BCUT2D eigenvalue weighted by Crippen LogP contribution is -2.04. The van der Waals surface area contributed by atoms with Gasteiger partial charge in [-0.25, -0.2) is 4.79 Å². The molecule has 1 aliphatic carbocycles. The second kappa shape index (κ2) is 8.55. The SMILES string of the molecule is O=C(O)c1cc([N+](=O)[O-])cc2c1-c1c(cc([N+](=O)[O-])cc1[N+](=O)[O-])C2c1sc(-c2ccccc2)c[s+]1. The molecule has 5 rings (SSSR count). The molecule has 0 saturated heterocycles. The van der Waals surface area contributed by atoms with Crippen LogP contribution in [0.15, 0.2) is 60.0 Å². The largest absolute Gasteiger partial charge is 0.478 e. The number of hydrogen-bond acceptors (Lipinski definition) is 8. The standard InChI is InChI=1S/C23H11N3O8S2/c27-22(28)16-8-12(24(29)30)6-14-19(16)21-15(7-13(25(31)32)9-17(21)26(33)34)20(14)23-35-10-18(36-23)11-4-2-1-3-5-11/h1-10,20H/p+1. The van der Waals surface area contributed by atoms with Gasteiger partial charge in [-0.05, 0) is 11.1 Å². The van der Waals surface area contributed by atoms with Gasteiger partial charge in [0.1, 0.15) is 5.38 Å². The normalized spacial score (nSPS) is 13.6. The van der Waals surface area contributed by atoms with Crippen molar-refractivity contribution < 1.29 is 24.7 Å². The van der Waals surface area contributed by atoms with Crippen molar-refractivity contribution in [3.8, 4) is 21.6 Å². The summed E-state index contributed by atoms with van der Waals surface area (Å²) in [5.41, 5.74) is -1.03. The Morgan fingerprint density at radius 2 is 1.47 bits per heavy atom. The molecule has 36 heavy (non-hydrogen) atoms. The van der Waals surface area contributed by atoms with Crippen LogP contribution in [0.5, 0.6) is 0 Å². The summed E-state index contributed by atoms with van der Waals surface area (Å²) in [6, 6.07) is 13.4. The number of nitro groups is 3. The van der Waals surface area contributed by atoms with Gasteiger partial charge in [-0.1, -0.05) is 30.3 Å². The van der Waals surface area contributed by atoms with Crippen molar-refractivity contribution in [3.05, 3.63) is 111 Å². The summed E-state index contributed by atoms with van der Waals surface area (Å²) >= 11 is 2.62. The first-order chi connectivity index (χ1) is 17.2. The van der Waals surface area contributed by atoms with Crippen LogP contribution < -0.4 is 0 Å². The van der Waals surface area contributed by atoms with Crippen molar-refractivity contribution in [1.29, 1.82) is 0 Å². The molecule has 1 aromatic heterocycles. The van der Waals surface area contributed by atoms with Gasteiger partial charge in [0.15, 0.2) is 4.88 Å². The molecule has 1 atom stereocenters. The second-order valence-corrected chi connectivity index (χ2v) is 10.0. The monoisotopic (exact) mass is 522 g/mol. The Morgan fingerprint density at radius 1 is 0.861 bits per heavy atom. The van der Waals surface area contributed by atoms with Crippen molar-refractivity contribution in [2.45, 2.75) is 5.92 Å². The maximum Gasteiger partial charge on any atom is 0.336 e. The zero-order valence-electron chi connectivity index (χ0n) is 17.8. The Bertz CT molecular complexity index is 1540. The summed E-state index contributed by atoms with van der Waals surface area (Å²) in [5.74, 6) is -2.37. The first-order valence-electron chi connectivity index (χ1n) is 10.2. The fourth-order valence-corrected chi connectivity index (χ4v) is 6.89. The average molecular weight is 522 g/mol. The first-order valence-corrected chi connectivity index (χ1v) is 11.9. The van der Waals surface area contributed by atoms with Crippen LogP contribution in [0.4, 0.5) is 17.1 Å². The smallest absolute Gasteiger partial charge is 0.336 e. The van der Waals surface area contributed by atoms with Crippen LogP contribution in [-0.4, -0.2) is 25.8 Å². The molecule has 178 valence electrons. The molecular formula is C23H12N3O8S2+. The molecule has 0 saturated carbocycles. The van der Waals surface area contributed by atoms with E-state index < -0.39 is 49.3 Å². The van der Waals surface area contributed by atoms with Crippen LogP contribution in [-0.2, 0) is 0 Å². The quantitative estimate of drug-likeness (QED) is 0.153. The number of non-ortho nitro benzene ring substituents is 2. The van der Waals surface area contributed by atoms with Gasteiger partial charge in [-0.15, -0.1) is 0 Å². The molecule has 13 heteroatoms. The fourth-order valence-electron chi connectivity index (χ4n) is 4.36. The molecule has 0 amide bonds. The van der Waals surface area contributed by atoms with Crippen LogP contribution in [0.2, 0.25) is 0 Å². The molecule has 0 radical (unpaired) electrons. The lowest BCUT2D eigenvalue weighted by atomic mass is 9.96. The van der Waals surface area contributed by atoms with Gasteiger partial charge >= 0.3 is 5.97 Å². The molecule has 3 aromatic carbocycles. The van der Waals surface area contributed by atoms with Gasteiger partial charge in [-0.2, -0.15) is 0 Å². The van der Waals surface area contributed by atoms with Crippen molar-refractivity contribution >= 4 is 45.7 Å². The Morgan fingerprint density at radius 3 is 2.06 bits per heavy atom. The van der Waals surface area contributed by atoms with Gasteiger partial charge in [0, 0.05) is 29.3 Å². The highest BCUT2D eigenvalue weighted by molar-refractivity contribution is 7.32. The highest BCUT2D eigenvalue weighted by atomic mass is 32.2. The zero-order chi connectivity index (χ0) is 25.7.